The van der Waals surface area contributed by atoms with Gasteiger partial charge in [0.15, 0.2) is 5.65 Å². The molecule has 0 saturated carbocycles. The number of nitrogens with two attached hydrogens (primary N) is 1. The van der Waals surface area contributed by atoms with Gasteiger partial charge in [0.2, 0.25) is 0 Å². The molecule has 3 N–H and O–H groups in total. The van der Waals surface area contributed by atoms with Crippen molar-refractivity contribution in [3.05, 3.63) is 83.7 Å². The highest BCUT2D eigenvalue weighted by Gasteiger charge is 2.16. The van der Waals surface area contributed by atoms with Crippen molar-refractivity contribution in [1.29, 1.82) is 5.26 Å². The van der Waals surface area contributed by atoms with Gasteiger partial charge in [-0.3, -0.25) is 4.79 Å². The number of hydrogen-bond donors (Lipinski definition) is 2. The number of rotatable bonds is 8. The number of fused-ring (bicyclic) bond motifs is 1. The molecule has 2 heterocycles. The predicted molar refractivity (Wildman–Crippen MR) is 137 cm³/mol. The maximum atomic E-state index is 12.9. The summed E-state index contributed by atoms with van der Waals surface area (Å²) in [6.07, 6.45) is 5.31. The standard InChI is InChI=1S/C28H29N5O2/c1-4-23(31-28(34)21-11-12-26(35-18(2)3)22(15-21)16-29)14-19-7-9-20(10-8-19)25-17-33-13-5-6-24(30)27(33)32-25/h5-13,15,17-18,23H,4,14,30H2,1-3H3,(H,31,34)/t23-/m0/s1. The van der Waals surface area contributed by atoms with Gasteiger partial charge < -0.3 is 20.2 Å². The molecule has 0 aliphatic heterocycles. The summed E-state index contributed by atoms with van der Waals surface area (Å²) in [6.45, 7) is 5.83. The number of nitrogen functional groups attached to an aromatic ring is 1. The Morgan fingerprint density at radius 2 is 1.97 bits per heavy atom. The Labute approximate surface area is 205 Å². The van der Waals surface area contributed by atoms with E-state index in [1.165, 1.54) is 0 Å². The van der Waals surface area contributed by atoms with Gasteiger partial charge in [-0.1, -0.05) is 31.2 Å². The van der Waals surface area contributed by atoms with E-state index in [9.17, 15) is 10.1 Å². The second-order valence-corrected chi connectivity index (χ2v) is 8.79. The number of ether oxygens (including phenoxy) is 1. The van der Waals surface area contributed by atoms with Crippen molar-refractivity contribution in [1.82, 2.24) is 14.7 Å². The molecule has 4 aromatic rings. The topological polar surface area (TPSA) is 105 Å². The summed E-state index contributed by atoms with van der Waals surface area (Å²) in [6, 6.07) is 18.9. The Morgan fingerprint density at radius 3 is 2.63 bits per heavy atom. The number of anilines is 1. The van der Waals surface area contributed by atoms with Gasteiger partial charge in [-0.05, 0) is 62.6 Å². The van der Waals surface area contributed by atoms with Crippen molar-refractivity contribution in [3.63, 3.8) is 0 Å². The summed E-state index contributed by atoms with van der Waals surface area (Å²) in [5.74, 6) is 0.280. The molecule has 7 heteroatoms. The van der Waals surface area contributed by atoms with E-state index in [4.69, 9.17) is 10.5 Å². The van der Waals surface area contributed by atoms with Crippen LogP contribution in [0, 0.1) is 11.3 Å². The van der Waals surface area contributed by atoms with E-state index >= 15 is 0 Å². The lowest BCUT2D eigenvalue weighted by Crippen LogP contribution is -2.36. The SMILES string of the molecule is CC[C@@H](Cc1ccc(-c2cn3cccc(N)c3n2)cc1)NC(=O)c1ccc(OC(C)C)c(C#N)c1. The minimum absolute atomic E-state index is 0.0412. The van der Waals surface area contributed by atoms with Gasteiger partial charge in [0.05, 0.1) is 23.0 Å². The van der Waals surface area contributed by atoms with Crippen molar-refractivity contribution in [2.75, 3.05) is 5.73 Å². The van der Waals surface area contributed by atoms with Gasteiger partial charge in [-0.25, -0.2) is 4.98 Å². The van der Waals surface area contributed by atoms with E-state index in [1.54, 1.807) is 18.2 Å². The minimum atomic E-state index is -0.205. The van der Waals surface area contributed by atoms with Crippen LogP contribution in [0.1, 0.15) is 48.7 Å². The maximum absolute atomic E-state index is 12.9. The number of benzene rings is 2. The van der Waals surface area contributed by atoms with Crippen LogP contribution in [0.3, 0.4) is 0 Å². The Bertz CT molecular complexity index is 1380. The molecule has 178 valence electrons. The van der Waals surface area contributed by atoms with Gasteiger partial charge in [0, 0.05) is 29.6 Å². The zero-order valence-corrected chi connectivity index (χ0v) is 20.2. The fraction of sp³-hybridized carbons (Fsp3) is 0.250. The second kappa shape index (κ2) is 10.3. The summed E-state index contributed by atoms with van der Waals surface area (Å²) in [4.78, 5) is 17.5. The van der Waals surface area contributed by atoms with Gasteiger partial charge in [-0.15, -0.1) is 0 Å². The summed E-state index contributed by atoms with van der Waals surface area (Å²) in [7, 11) is 0. The molecule has 7 nitrogen and oxygen atoms in total. The lowest BCUT2D eigenvalue weighted by molar-refractivity contribution is 0.0935. The largest absolute Gasteiger partial charge is 0.490 e. The van der Waals surface area contributed by atoms with Crippen molar-refractivity contribution in [2.24, 2.45) is 0 Å². The number of nitrogens with zero attached hydrogens (tertiary/aromatic N) is 3. The highest BCUT2D eigenvalue weighted by Crippen LogP contribution is 2.23. The van der Waals surface area contributed by atoms with E-state index in [1.807, 2.05) is 61.8 Å². The van der Waals surface area contributed by atoms with Crippen LogP contribution in [0.5, 0.6) is 5.75 Å². The van der Waals surface area contributed by atoms with Crippen LogP contribution in [0.4, 0.5) is 5.69 Å². The number of carbonyl (C=O) groups excluding carboxylic acids is 1. The Morgan fingerprint density at radius 1 is 1.20 bits per heavy atom. The van der Waals surface area contributed by atoms with Crippen LogP contribution in [0.25, 0.3) is 16.9 Å². The Kier molecular flexibility index (Phi) is 7.02. The number of nitrogens with one attached hydrogen (secondary N) is 1. The average molecular weight is 468 g/mol. The summed E-state index contributed by atoms with van der Waals surface area (Å²) in [5.41, 5.74) is 11.2. The van der Waals surface area contributed by atoms with Gasteiger partial charge in [-0.2, -0.15) is 5.26 Å². The number of amides is 1. The smallest absolute Gasteiger partial charge is 0.251 e. The molecule has 1 amide bonds. The fourth-order valence-electron chi connectivity index (χ4n) is 3.95. The molecular formula is C28H29N5O2. The number of hydrogen-bond acceptors (Lipinski definition) is 5. The lowest BCUT2D eigenvalue weighted by atomic mass is 10.0. The number of nitriles is 1. The van der Waals surface area contributed by atoms with Crippen LogP contribution >= 0.6 is 0 Å². The first-order valence-electron chi connectivity index (χ1n) is 11.7. The zero-order chi connectivity index (χ0) is 24.9. The monoisotopic (exact) mass is 467 g/mol. The molecule has 4 rings (SSSR count). The van der Waals surface area contributed by atoms with Crippen molar-refractivity contribution >= 4 is 17.2 Å². The van der Waals surface area contributed by atoms with Crippen molar-refractivity contribution < 1.29 is 9.53 Å². The van der Waals surface area contributed by atoms with Crippen LogP contribution < -0.4 is 15.8 Å². The normalized spacial score (nSPS) is 11.9. The van der Waals surface area contributed by atoms with E-state index < -0.39 is 0 Å². The molecule has 0 bridgehead atoms. The zero-order valence-electron chi connectivity index (χ0n) is 20.2. The first-order valence-corrected chi connectivity index (χ1v) is 11.7. The number of aromatic nitrogens is 2. The van der Waals surface area contributed by atoms with E-state index in [2.05, 4.69) is 28.5 Å². The molecule has 35 heavy (non-hydrogen) atoms. The third-order valence-corrected chi connectivity index (χ3v) is 5.80. The van der Waals surface area contributed by atoms with Gasteiger partial charge in [0.25, 0.3) is 5.91 Å². The summed E-state index contributed by atoms with van der Waals surface area (Å²) >= 11 is 0. The third kappa shape index (κ3) is 5.44. The maximum Gasteiger partial charge on any atom is 0.251 e. The average Bonchev–Trinajstić information content (AvgIpc) is 3.29. The third-order valence-electron chi connectivity index (χ3n) is 5.80. The fourth-order valence-corrected chi connectivity index (χ4v) is 3.95. The summed E-state index contributed by atoms with van der Waals surface area (Å²) in [5, 5.41) is 12.5. The molecule has 0 radical (unpaired) electrons. The molecule has 0 fully saturated rings. The van der Waals surface area contributed by atoms with Crippen LogP contribution in [0.2, 0.25) is 0 Å². The summed E-state index contributed by atoms with van der Waals surface area (Å²) < 4.78 is 7.57. The quantitative estimate of drug-likeness (QED) is 0.380. The van der Waals surface area contributed by atoms with E-state index in [0.717, 1.165) is 28.9 Å². The van der Waals surface area contributed by atoms with Crippen LogP contribution in [0.15, 0.2) is 67.0 Å². The number of carbonyl (C=O) groups is 1. The first kappa shape index (κ1) is 23.8. The van der Waals surface area contributed by atoms with Gasteiger partial charge >= 0.3 is 0 Å². The Balaban J connectivity index is 1.44. The van der Waals surface area contributed by atoms with E-state index in [-0.39, 0.29) is 18.1 Å². The molecule has 1 atom stereocenters. The number of imidazole rings is 1. The van der Waals surface area contributed by atoms with Crippen molar-refractivity contribution in [3.8, 4) is 23.1 Å². The van der Waals surface area contributed by atoms with Gasteiger partial charge in [0.1, 0.15) is 11.8 Å². The first-order chi connectivity index (χ1) is 16.9. The minimum Gasteiger partial charge on any atom is -0.490 e. The number of pyridine rings is 1. The molecule has 0 unspecified atom stereocenters. The molecule has 0 saturated heterocycles. The van der Waals surface area contributed by atoms with Crippen molar-refractivity contribution in [2.45, 2.75) is 45.8 Å². The highest BCUT2D eigenvalue weighted by molar-refractivity contribution is 5.95. The van der Waals surface area contributed by atoms with E-state index in [0.29, 0.717) is 29.0 Å². The van der Waals surface area contributed by atoms with Crippen LogP contribution in [-0.2, 0) is 6.42 Å². The second-order valence-electron chi connectivity index (χ2n) is 8.79. The predicted octanol–water partition coefficient (Wildman–Crippen LogP) is 4.99. The lowest BCUT2D eigenvalue weighted by Gasteiger charge is -2.18. The molecule has 0 aliphatic rings. The molecule has 2 aromatic heterocycles. The van der Waals surface area contributed by atoms with Crippen LogP contribution in [-0.4, -0.2) is 27.4 Å². The Hall–Kier alpha value is -4.31. The molecule has 2 aromatic carbocycles. The highest BCUT2D eigenvalue weighted by atomic mass is 16.5. The molecule has 0 aliphatic carbocycles. The molecular weight excluding hydrogens is 438 g/mol. The molecule has 0 spiro atoms.